The number of aromatic nitrogens is 4. The van der Waals surface area contributed by atoms with Crippen LogP contribution in [0.4, 0.5) is 5.69 Å². The summed E-state index contributed by atoms with van der Waals surface area (Å²) in [6.07, 6.45) is 8.27. The number of para-hydroxylation sites is 1. The molecule has 2 N–H and O–H groups in total. The second-order valence-corrected chi connectivity index (χ2v) is 7.51. The highest BCUT2D eigenvalue weighted by molar-refractivity contribution is 6.08. The molecule has 0 amide bonds. The van der Waals surface area contributed by atoms with Crippen LogP contribution in [0.3, 0.4) is 0 Å². The van der Waals surface area contributed by atoms with E-state index in [-0.39, 0.29) is 17.0 Å². The van der Waals surface area contributed by atoms with Crippen molar-refractivity contribution in [3.63, 3.8) is 0 Å². The van der Waals surface area contributed by atoms with E-state index < -0.39 is 0 Å². The molecule has 32 heavy (non-hydrogen) atoms. The lowest BCUT2D eigenvalue weighted by Crippen LogP contribution is -2.21. The summed E-state index contributed by atoms with van der Waals surface area (Å²) in [5.41, 5.74) is 9.67. The number of nitrogens with two attached hydrogens (primary N) is 1. The largest absolute Gasteiger partial charge is 0.405 e. The number of aliphatic imine (C=N–C) groups is 1. The molecule has 0 aliphatic heterocycles. The van der Waals surface area contributed by atoms with Crippen molar-refractivity contribution in [3.8, 4) is 11.4 Å². The maximum absolute atomic E-state index is 12.7. The molecule has 0 bridgehead atoms. The molecular formula is C25H24N6O. The van der Waals surface area contributed by atoms with Crippen LogP contribution in [0.1, 0.15) is 31.0 Å². The minimum Gasteiger partial charge on any atom is -0.405 e. The van der Waals surface area contributed by atoms with Crippen LogP contribution >= 0.6 is 0 Å². The van der Waals surface area contributed by atoms with Gasteiger partial charge in [-0.25, -0.2) is 14.4 Å². The molecule has 0 unspecified atom stereocenters. The molecule has 0 radical (unpaired) electrons. The number of hydrogen-bond donors (Lipinski definition) is 1. The molecular weight excluding hydrogens is 400 g/mol. The van der Waals surface area contributed by atoms with E-state index in [9.17, 15) is 4.79 Å². The molecule has 0 aliphatic rings. The Bertz CT molecular complexity index is 1320. The van der Waals surface area contributed by atoms with E-state index in [2.05, 4.69) is 35.1 Å². The summed E-state index contributed by atoms with van der Waals surface area (Å²) in [7, 11) is 0. The first-order valence-electron chi connectivity index (χ1n) is 10.3. The fourth-order valence-corrected chi connectivity index (χ4v) is 3.40. The van der Waals surface area contributed by atoms with Gasteiger partial charge in [0.25, 0.3) is 0 Å². The van der Waals surface area contributed by atoms with Gasteiger partial charge >= 0.3 is 0 Å². The third kappa shape index (κ3) is 4.41. The predicted octanol–water partition coefficient (Wildman–Crippen LogP) is 4.13. The monoisotopic (exact) mass is 424 g/mol. The predicted molar refractivity (Wildman–Crippen MR) is 127 cm³/mol. The topological polar surface area (TPSA) is 91.1 Å². The molecule has 0 saturated carbocycles. The van der Waals surface area contributed by atoms with Gasteiger partial charge in [0.2, 0.25) is 5.43 Å². The van der Waals surface area contributed by atoms with Crippen LogP contribution in [0, 0.1) is 0 Å². The van der Waals surface area contributed by atoms with Crippen molar-refractivity contribution in [2.24, 2.45) is 10.7 Å². The van der Waals surface area contributed by atoms with Gasteiger partial charge in [0.15, 0.2) is 5.69 Å². The van der Waals surface area contributed by atoms with Crippen molar-refractivity contribution in [1.29, 1.82) is 0 Å². The summed E-state index contributed by atoms with van der Waals surface area (Å²) >= 11 is 0. The zero-order valence-electron chi connectivity index (χ0n) is 18.0. The molecule has 2 heterocycles. The van der Waals surface area contributed by atoms with Crippen LogP contribution in [-0.4, -0.2) is 25.3 Å². The number of nitrogens with zero attached hydrogens (tertiary/aromatic N) is 5. The van der Waals surface area contributed by atoms with Crippen LogP contribution in [-0.2, 0) is 0 Å². The van der Waals surface area contributed by atoms with E-state index in [1.165, 1.54) is 12.3 Å². The molecule has 7 heteroatoms. The Kier molecular flexibility index (Phi) is 6.07. The van der Waals surface area contributed by atoms with Crippen LogP contribution in [0.15, 0.2) is 101 Å². The third-order valence-electron chi connectivity index (χ3n) is 4.96. The molecule has 0 atom stereocenters. The van der Waals surface area contributed by atoms with Crippen molar-refractivity contribution in [2.75, 3.05) is 0 Å². The summed E-state index contributed by atoms with van der Waals surface area (Å²) in [6.45, 7) is 4.24. The maximum Gasteiger partial charge on any atom is 0.209 e. The Balaban J connectivity index is 1.83. The lowest BCUT2D eigenvalue weighted by molar-refractivity contribution is 0.779. The molecule has 2 aromatic heterocycles. The Morgan fingerprint density at radius 3 is 2.53 bits per heavy atom. The Labute approximate surface area is 186 Å². The van der Waals surface area contributed by atoms with Crippen molar-refractivity contribution in [3.05, 3.63) is 113 Å². The number of allylic oxidation sites excluding steroid dienone is 1. The smallest absolute Gasteiger partial charge is 0.209 e. The van der Waals surface area contributed by atoms with Crippen LogP contribution in [0.2, 0.25) is 0 Å². The minimum atomic E-state index is -0.228. The summed E-state index contributed by atoms with van der Waals surface area (Å²) < 4.78 is 3.53. The first kappa shape index (κ1) is 21.0. The van der Waals surface area contributed by atoms with E-state index in [0.29, 0.717) is 11.4 Å². The lowest BCUT2D eigenvalue weighted by atomic mass is 10.0. The summed E-state index contributed by atoms with van der Waals surface area (Å²) in [5, 5.41) is 8.95. The SMILES string of the molecule is CC(C)c1cc(-n2cccn2)ccc1-n1ccc(=O)c(C(C=CN)=Nc2ccccc2)n1. The molecule has 0 saturated heterocycles. The quantitative estimate of drug-likeness (QED) is 0.471. The van der Waals surface area contributed by atoms with Crippen molar-refractivity contribution >= 4 is 11.4 Å². The molecule has 160 valence electrons. The number of benzene rings is 2. The Morgan fingerprint density at radius 1 is 1.03 bits per heavy atom. The van der Waals surface area contributed by atoms with Crippen LogP contribution < -0.4 is 11.2 Å². The molecule has 0 fully saturated rings. The van der Waals surface area contributed by atoms with Crippen LogP contribution in [0.5, 0.6) is 0 Å². The highest BCUT2D eigenvalue weighted by Gasteiger charge is 2.14. The van der Waals surface area contributed by atoms with Gasteiger partial charge in [0.1, 0.15) is 0 Å². The molecule has 2 aromatic carbocycles. The fourth-order valence-electron chi connectivity index (χ4n) is 3.40. The Hall–Kier alpha value is -4.26. The second-order valence-electron chi connectivity index (χ2n) is 7.51. The van der Waals surface area contributed by atoms with E-state index in [0.717, 1.165) is 16.9 Å². The van der Waals surface area contributed by atoms with E-state index in [4.69, 9.17) is 5.73 Å². The van der Waals surface area contributed by atoms with E-state index in [1.807, 2.05) is 59.4 Å². The van der Waals surface area contributed by atoms with Gasteiger partial charge in [-0.3, -0.25) is 4.79 Å². The van der Waals surface area contributed by atoms with Crippen molar-refractivity contribution in [1.82, 2.24) is 19.6 Å². The summed E-state index contributed by atoms with van der Waals surface area (Å²) in [4.78, 5) is 17.3. The standard InChI is InChI=1S/C25H24N6O/c1-18(2)21-17-20(30-15-6-14-27-30)9-10-23(21)31-16-12-24(32)25(29-31)22(11-13-26)28-19-7-4-3-5-8-19/h3-18H,26H2,1-2H3. The second kappa shape index (κ2) is 9.26. The first-order chi connectivity index (χ1) is 15.6. The van der Waals surface area contributed by atoms with Gasteiger partial charge in [-0.1, -0.05) is 32.0 Å². The van der Waals surface area contributed by atoms with Crippen molar-refractivity contribution < 1.29 is 0 Å². The first-order valence-corrected chi connectivity index (χ1v) is 10.3. The van der Waals surface area contributed by atoms with E-state index in [1.54, 1.807) is 23.2 Å². The summed E-state index contributed by atoms with van der Waals surface area (Å²) in [5.74, 6) is 0.228. The Morgan fingerprint density at radius 2 is 1.84 bits per heavy atom. The third-order valence-corrected chi connectivity index (χ3v) is 4.96. The van der Waals surface area contributed by atoms with Gasteiger partial charge in [-0.05, 0) is 60.2 Å². The highest BCUT2D eigenvalue weighted by Crippen LogP contribution is 2.25. The highest BCUT2D eigenvalue weighted by atomic mass is 16.1. The zero-order valence-corrected chi connectivity index (χ0v) is 18.0. The van der Waals surface area contributed by atoms with Gasteiger partial charge < -0.3 is 5.73 Å². The normalized spacial score (nSPS) is 12.0. The van der Waals surface area contributed by atoms with Crippen molar-refractivity contribution in [2.45, 2.75) is 19.8 Å². The average molecular weight is 425 g/mol. The zero-order chi connectivity index (χ0) is 22.5. The minimum absolute atomic E-state index is 0.226. The summed E-state index contributed by atoms with van der Waals surface area (Å²) in [6, 6.07) is 18.8. The number of hydrogen-bond acceptors (Lipinski definition) is 5. The van der Waals surface area contributed by atoms with Gasteiger partial charge in [-0.2, -0.15) is 10.2 Å². The molecule has 0 aliphatic carbocycles. The number of rotatable bonds is 6. The van der Waals surface area contributed by atoms with E-state index >= 15 is 0 Å². The molecule has 7 nitrogen and oxygen atoms in total. The van der Waals surface area contributed by atoms with Gasteiger partial charge in [-0.15, -0.1) is 0 Å². The average Bonchev–Trinajstić information content (AvgIpc) is 3.35. The van der Waals surface area contributed by atoms with Crippen LogP contribution in [0.25, 0.3) is 11.4 Å². The molecule has 0 spiro atoms. The fraction of sp³-hybridized carbons (Fsp3) is 0.120. The van der Waals surface area contributed by atoms with Gasteiger partial charge in [0.05, 0.1) is 22.8 Å². The molecule has 4 rings (SSSR count). The molecule has 4 aromatic rings. The van der Waals surface area contributed by atoms with Gasteiger partial charge in [0, 0.05) is 24.7 Å². The maximum atomic E-state index is 12.7. The lowest BCUT2D eigenvalue weighted by Gasteiger charge is -2.16.